The van der Waals surface area contributed by atoms with Crippen LogP contribution in [0, 0.1) is 0 Å². The van der Waals surface area contributed by atoms with Crippen LogP contribution in [0.5, 0.6) is 11.5 Å². The molecule has 0 saturated heterocycles. The lowest BCUT2D eigenvalue weighted by atomic mass is 10.1. The van der Waals surface area contributed by atoms with E-state index in [-0.39, 0.29) is 6.10 Å². The molecule has 0 aliphatic rings. The summed E-state index contributed by atoms with van der Waals surface area (Å²) in [5.74, 6) is 0.390. The van der Waals surface area contributed by atoms with Crippen molar-refractivity contribution in [3.8, 4) is 11.5 Å². The van der Waals surface area contributed by atoms with E-state index in [2.05, 4.69) is 4.98 Å². The topological polar surface area (TPSA) is 57.7 Å². The molecule has 0 bridgehead atoms. The van der Waals surface area contributed by atoms with Crippen LogP contribution in [0.4, 0.5) is 0 Å². The van der Waals surface area contributed by atoms with Gasteiger partial charge in [0.05, 0.1) is 14.2 Å². The molecule has 0 amide bonds. The molecular weight excluding hydrogens is 270 g/mol. The predicted molar refractivity (Wildman–Crippen MR) is 77.6 cm³/mol. The molecule has 21 heavy (non-hydrogen) atoms. The fraction of sp³-hybridized carbons (Fsp3) is 0.250. The largest absolute Gasteiger partial charge is 0.493 e. The summed E-state index contributed by atoms with van der Waals surface area (Å²) in [4.78, 5) is 15.8. The van der Waals surface area contributed by atoms with Gasteiger partial charge >= 0.3 is 5.97 Å². The number of nitrogens with zero attached hydrogens (tertiary/aromatic N) is 1. The van der Waals surface area contributed by atoms with Gasteiger partial charge in [0.1, 0.15) is 11.7 Å². The number of carbonyl (C=O) groups excluding carboxylic acids is 1. The number of methoxy groups -OCH3 is 2. The second-order valence-corrected chi connectivity index (χ2v) is 4.37. The van der Waals surface area contributed by atoms with Gasteiger partial charge in [0.15, 0.2) is 11.5 Å². The third kappa shape index (κ3) is 3.31. The molecule has 0 N–H and O–H groups in total. The molecule has 5 nitrogen and oxygen atoms in total. The van der Waals surface area contributed by atoms with E-state index >= 15 is 0 Å². The second kappa shape index (κ2) is 6.74. The molecule has 0 aliphatic carbocycles. The molecule has 110 valence electrons. The van der Waals surface area contributed by atoms with Crippen molar-refractivity contribution in [2.45, 2.75) is 13.0 Å². The van der Waals surface area contributed by atoms with Crippen molar-refractivity contribution in [2.24, 2.45) is 0 Å². The lowest BCUT2D eigenvalue weighted by Gasteiger charge is -2.19. The van der Waals surface area contributed by atoms with Gasteiger partial charge in [-0.25, -0.2) is 4.79 Å². The van der Waals surface area contributed by atoms with Gasteiger partial charge in [-0.1, -0.05) is 6.07 Å². The molecule has 0 saturated carbocycles. The van der Waals surface area contributed by atoms with Crippen molar-refractivity contribution >= 4 is 5.97 Å². The lowest BCUT2D eigenvalue weighted by Crippen LogP contribution is -2.10. The number of carbonyl (C=O) groups is 1. The first kappa shape index (κ1) is 14.8. The zero-order valence-electron chi connectivity index (χ0n) is 12.2. The summed E-state index contributed by atoms with van der Waals surface area (Å²) in [5.41, 5.74) is 1.28. The highest BCUT2D eigenvalue weighted by Gasteiger charge is 2.20. The Morgan fingerprint density at radius 3 is 2.48 bits per heavy atom. The van der Waals surface area contributed by atoms with Gasteiger partial charge in [-0.15, -0.1) is 0 Å². The molecule has 0 spiro atoms. The summed E-state index contributed by atoms with van der Waals surface area (Å²) >= 11 is 0. The molecule has 1 unspecified atom stereocenters. The van der Waals surface area contributed by atoms with E-state index in [4.69, 9.17) is 14.2 Å². The highest BCUT2D eigenvalue weighted by atomic mass is 16.5. The van der Waals surface area contributed by atoms with Crippen LogP contribution >= 0.6 is 0 Å². The Morgan fingerprint density at radius 2 is 1.86 bits per heavy atom. The Morgan fingerprint density at radius 1 is 1.14 bits per heavy atom. The minimum atomic E-state index is -0.467. The molecule has 2 rings (SSSR count). The zero-order valence-corrected chi connectivity index (χ0v) is 12.2. The van der Waals surface area contributed by atoms with E-state index in [0.29, 0.717) is 17.1 Å². The van der Waals surface area contributed by atoms with Gasteiger partial charge in [-0.3, -0.25) is 4.98 Å². The number of ether oxygens (including phenoxy) is 3. The third-order valence-corrected chi connectivity index (χ3v) is 3.07. The molecule has 2 aromatic rings. The Kier molecular flexibility index (Phi) is 4.77. The van der Waals surface area contributed by atoms with Crippen molar-refractivity contribution < 1.29 is 19.0 Å². The highest BCUT2D eigenvalue weighted by Crippen LogP contribution is 2.34. The average Bonchev–Trinajstić information content (AvgIpc) is 2.55. The number of rotatable bonds is 5. The van der Waals surface area contributed by atoms with Crippen molar-refractivity contribution in [1.82, 2.24) is 4.98 Å². The summed E-state index contributed by atoms with van der Waals surface area (Å²) in [5, 5.41) is 0. The van der Waals surface area contributed by atoms with E-state index in [1.807, 2.05) is 19.1 Å². The smallest absolute Gasteiger partial charge is 0.341 e. The summed E-state index contributed by atoms with van der Waals surface area (Å²) in [6.07, 6.45) is 3.13. The highest BCUT2D eigenvalue weighted by molar-refractivity contribution is 5.93. The minimum Gasteiger partial charge on any atom is -0.493 e. The summed E-state index contributed by atoms with van der Waals surface area (Å²) in [6, 6.07) is 8.81. The van der Waals surface area contributed by atoms with Gasteiger partial charge in [0, 0.05) is 12.4 Å². The quantitative estimate of drug-likeness (QED) is 0.791. The summed E-state index contributed by atoms with van der Waals surface area (Å²) in [7, 11) is 2.86. The van der Waals surface area contributed by atoms with Crippen LogP contribution in [0.3, 0.4) is 0 Å². The molecule has 1 atom stereocenters. The Hall–Kier alpha value is -2.56. The third-order valence-electron chi connectivity index (χ3n) is 3.07. The number of hydrogen-bond donors (Lipinski definition) is 0. The van der Waals surface area contributed by atoms with E-state index in [1.165, 1.54) is 14.2 Å². The normalized spacial score (nSPS) is 11.6. The lowest BCUT2D eigenvalue weighted by molar-refractivity contribution is 0.0592. The van der Waals surface area contributed by atoms with E-state index in [9.17, 15) is 4.79 Å². The number of aromatic nitrogens is 1. The standard InChI is InChI=1S/C16H17NO4/c1-11(12-7-9-17-10-8-12)21-15-13(16(18)20-3)5-4-6-14(15)19-2/h4-11H,1-3H3. The number of hydrogen-bond acceptors (Lipinski definition) is 5. The van der Waals surface area contributed by atoms with Gasteiger partial charge < -0.3 is 14.2 Å². The van der Waals surface area contributed by atoms with Crippen molar-refractivity contribution in [3.63, 3.8) is 0 Å². The van der Waals surface area contributed by atoms with E-state index < -0.39 is 5.97 Å². The van der Waals surface area contributed by atoms with Crippen LogP contribution in [-0.4, -0.2) is 25.2 Å². The molecule has 1 aromatic carbocycles. The van der Waals surface area contributed by atoms with Crippen molar-refractivity contribution in [3.05, 3.63) is 53.9 Å². The minimum absolute atomic E-state index is 0.257. The van der Waals surface area contributed by atoms with Crippen LogP contribution in [0.15, 0.2) is 42.7 Å². The van der Waals surface area contributed by atoms with Gasteiger partial charge in [0.2, 0.25) is 0 Å². The fourth-order valence-corrected chi connectivity index (χ4v) is 1.95. The Balaban J connectivity index is 2.36. The van der Waals surface area contributed by atoms with Crippen LogP contribution in [0.1, 0.15) is 28.9 Å². The predicted octanol–water partition coefficient (Wildman–Crippen LogP) is 3.02. The van der Waals surface area contributed by atoms with Crippen molar-refractivity contribution in [1.29, 1.82) is 0 Å². The Bertz CT molecular complexity index is 613. The van der Waals surface area contributed by atoms with Gasteiger partial charge in [0.25, 0.3) is 0 Å². The van der Waals surface area contributed by atoms with Crippen LogP contribution < -0.4 is 9.47 Å². The maximum atomic E-state index is 11.9. The van der Waals surface area contributed by atoms with Crippen molar-refractivity contribution in [2.75, 3.05) is 14.2 Å². The second-order valence-electron chi connectivity index (χ2n) is 4.37. The van der Waals surface area contributed by atoms with Gasteiger partial charge in [-0.2, -0.15) is 0 Å². The molecule has 0 fully saturated rings. The van der Waals surface area contributed by atoms with E-state index in [0.717, 1.165) is 5.56 Å². The monoisotopic (exact) mass is 287 g/mol. The number of pyridine rings is 1. The number of benzene rings is 1. The van der Waals surface area contributed by atoms with Crippen LogP contribution in [0.2, 0.25) is 0 Å². The Labute approximate surface area is 123 Å². The average molecular weight is 287 g/mol. The summed E-state index contributed by atoms with van der Waals surface area (Å²) in [6.45, 7) is 1.89. The molecule has 1 heterocycles. The van der Waals surface area contributed by atoms with Gasteiger partial charge in [-0.05, 0) is 36.8 Å². The first-order chi connectivity index (χ1) is 10.2. The molecule has 0 radical (unpaired) electrons. The molecule has 5 heteroatoms. The van der Waals surface area contributed by atoms with Crippen LogP contribution in [0.25, 0.3) is 0 Å². The first-order valence-electron chi connectivity index (χ1n) is 6.49. The zero-order chi connectivity index (χ0) is 15.2. The van der Waals surface area contributed by atoms with Crippen LogP contribution in [-0.2, 0) is 4.74 Å². The number of esters is 1. The molecule has 0 aliphatic heterocycles. The maximum absolute atomic E-state index is 11.9. The molecular formula is C16H17NO4. The SMILES string of the molecule is COC(=O)c1cccc(OC)c1OC(C)c1ccncc1. The summed E-state index contributed by atoms with van der Waals surface area (Å²) < 4.78 is 16.0. The van der Waals surface area contributed by atoms with E-state index in [1.54, 1.807) is 30.6 Å². The first-order valence-corrected chi connectivity index (χ1v) is 6.49. The molecule has 1 aromatic heterocycles. The number of para-hydroxylation sites is 1. The maximum Gasteiger partial charge on any atom is 0.341 e. The fourth-order valence-electron chi connectivity index (χ4n) is 1.95.